The van der Waals surface area contributed by atoms with Gasteiger partial charge in [-0.2, -0.15) is 5.26 Å². The molecule has 1 fully saturated rings. The Bertz CT molecular complexity index is 1140. The highest BCUT2D eigenvalue weighted by molar-refractivity contribution is 9.10. The summed E-state index contributed by atoms with van der Waals surface area (Å²) in [4.78, 5) is 11.8. The Morgan fingerprint density at radius 1 is 1.28 bits per heavy atom. The molecule has 1 aliphatic rings. The molecule has 0 unspecified atom stereocenters. The van der Waals surface area contributed by atoms with Gasteiger partial charge in [0, 0.05) is 22.8 Å². The normalized spacial score (nSPS) is 15.1. The number of hydrogen-bond donors (Lipinski definition) is 3. The molecule has 2 aromatic rings. The van der Waals surface area contributed by atoms with E-state index in [9.17, 15) is 23.6 Å². The molecule has 0 spiro atoms. The molecule has 10 heteroatoms. The fourth-order valence-electron chi connectivity index (χ4n) is 3.19. The maximum absolute atomic E-state index is 12.9. The van der Waals surface area contributed by atoms with Crippen LogP contribution in [0.5, 0.6) is 5.75 Å². The number of hydrogen-bond acceptors (Lipinski definition) is 5. The van der Waals surface area contributed by atoms with E-state index in [0.717, 1.165) is 6.42 Å². The highest BCUT2D eigenvalue weighted by Gasteiger charge is 2.39. The standard InChI is InChI=1S/C19H17BrClN3O4S/c1-23-18(26)11-5-12(19(10-22)3-2-4-19)7-14(6-11)24-29(27,28)16-9-13(20)8-15(21)17(16)25/h5-9,24-25H,2-4H2,1H3,(H,23,26). The van der Waals surface area contributed by atoms with Gasteiger partial charge in [-0.15, -0.1) is 0 Å². The second-order valence-electron chi connectivity index (χ2n) is 6.77. The molecule has 2 aromatic carbocycles. The molecule has 0 bridgehead atoms. The summed E-state index contributed by atoms with van der Waals surface area (Å²) in [6.07, 6.45) is 2.15. The number of nitriles is 1. The van der Waals surface area contributed by atoms with Gasteiger partial charge in [-0.3, -0.25) is 9.52 Å². The molecule has 0 heterocycles. The van der Waals surface area contributed by atoms with Gasteiger partial charge in [-0.05, 0) is 55.2 Å². The third-order valence-electron chi connectivity index (χ3n) is 4.93. The number of anilines is 1. The topological polar surface area (TPSA) is 119 Å². The minimum atomic E-state index is -4.22. The van der Waals surface area contributed by atoms with Crippen molar-refractivity contribution in [1.29, 1.82) is 5.26 Å². The highest BCUT2D eigenvalue weighted by Crippen LogP contribution is 2.44. The Morgan fingerprint density at radius 3 is 2.52 bits per heavy atom. The van der Waals surface area contributed by atoms with Crippen molar-refractivity contribution in [3.8, 4) is 11.8 Å². The zero-order valence-corrected chi connectivity index (χ0v) is 18.4. The Morgan fingerprint density at radius 2 is 1.97 bits per heavy atom. The lowest BCUT2D eigenvalue weighted by Crippen LogP contribution is -2.33. The van der Waals surface area contributed by atoms with Gasteiger partial charge < -0.3 is 10.4 Å². The zero-order chi connectivity index (χ0) is 21.4. The molecule has 1 aliphatic carbocycles. The Labute approximate surface area is 181 Å². The van der Waals surface area contributed by atoms with Gasteiger partial charge in [-0.25, -0.2) is 8.42 Å². The zero-order valence-electron chi connectivity index (χ0n) is 15.3. The van der Waals surface area contributed by atoms with E-state index in [2.05, 4.69) is 32.0 Å². The number of phenolic OH excluding ortho intramolecular Hbond substituents is 1. The molecule has 1 saturated carbocycles. The van der Waals surface area contributed by atoms with Gasteiger partial charge in [0.15, 0.2) is 5.75 Å². The Kier molecular flexibility index (Phi) is 5.81. The first-order chi connectivity index (χ1) is 13.6. The Hall–Kier alpha value is -2.28. The summed E-state index contributed by atoms with van der Waals surface area (Å²) in [6.45, 7) is 0. The molecule has 0 aromatic heterocycles. The van der Waals surface area contributed by atoms with Crippen LogP contribution in [-0.4, -0.2) is 26.5 Å². The highest BCUT2D eigenvalue weighted by atomic mass is 79.9. The number of nitrogens with one attached hydrogen (secondary N) is 2. The van der Waals surface area contributed by atoms with Crippen LogP contribution in [0.3, 0.4) is 0 Å². The number of halogens is 2. The van der Waals surface area contributed by atoms with Crippen LogP contribution in [0, 0.1) is 11.3 Å². The number of benzene rings is 2. The Balaban J connectivity index is 2.09. The largest absolute Gasteiger partial charge is 0.505 e. The summed E-state index contributed by atoms with van der Waals surface area (Å²) >= 11 is 9.04. The van der Waals surface area contributed by atoms with Crippen molar-refractivity contribution in [1.82, 2.24) is 5.32 Å². The summed E-state index contributed by atoms with van der Waals surface area (Å²) in [5.74, 6) is -0.995. The number of amides is 1. The van der Waals surface area contributed by atoms with E-state index in [1.165, 1.54) is 25.2 Å². The summed E-state index contributed by atoms with van der Waals surface area (Å²) < 4.78 is 28.5. The molecule has 3 N–H and O–H groups in total. The van der Waals surface area contributed by atoms with Crippen molar-refractivity contribution in [2.24, 2.45) is 0 Å². The minimum absolute atomic E-state index is 0.109. The molecule has 29 heavy (non-hydrogen) atoms. The summed E-state index contributed by atoms with van der Waals surface area (Å²) in [6, 6.07) is 9.40. The lowest BCUT2D eigenvalue weighted by Gasteiger charge is -2.36. The monoisotopic (exact) mass is 497 g/mol. The van der Waals surface area contributed by atoms with Crippen molar-refractivity contribution < 1.29 is 18.3 Å². The lowest BCUT2D eigenvalue weighted by atomic mass is 9.65. The first-order valence-electron chi connectivity index (χ1n) is 8.61. The number of carbonyl (C=O) groups excluding carboxylic acids is 1. The molecular weight excluding hydrogens is 482 g/mol. The molecule has 0 radical (unpaired) electrons. The van der Waals surface area contributed by atoms with E-state index < -0.39 is 32.0 Å². The average Bonchev–Trinajstić information content (AvgIpc) is 2.63. The van der Waals surface area contributed by atoms with Crippen molar-refractivity contribution in [3.63, 3.8) is 0 Å². The third-order valence-corrected chi connectivity index (χ3v) is 7.07. The maximum atomic E-state index is 12.9. The smallest absolute Gasteiger partial charge is 0.265 e. The van der Waals surface area contributed by atoms with Crippen LogP contribution in [0.4, 0.5) is 5.69 Å². The van der Waals surface area contributed by atoms with Crippen LogP contribution in [0.2, 0.25) is 5.02 Å². The van der Waals surface area contributed by atoms with Gasteiger partial charge in [0.25, 0.3) is 15.9 Å². The summed E-state index contributed by atoms with van der Waals surface area (Å²) in [5, 5.41) is 22.1. The molecule has 3 rings (SSSR count). The second-order valence-corrected chi connectivity index (χ2v) is 9.74. The third kappa shape index (κ3) is 4.06. The van der Waals surface area contributed by atoms with Gasteiger partial charge in [0.05, 0.1) is 16.5 Å². The molecule has 0 aliphatic heterocycles. The van der Waals surface area contributed by atoms with E-state index in [1.807, 2.05) is 0 Å². The number of phenols is 1. The maximum Gasteiger partial charge on any atom is 0.265 e. The first-order valence-corrected chi connectivity index (χ1v) is 11.3. The van der Waals surface area contributed by atoms with Crippen molar-refractivity contribution in [3.05, 3.63) is 51.0 Å². The molecule has 152 valence electrons. The number of carbonyl (C=O) groups is 1. The van der Waals surface area contributed by atoms with Crippen LogP contribution in [0.1, 0.15) is 35.2 Å². The molecule has 7 nitrogen and oxygen atoms in total. The van der Waals surface area contributed by atoms with Crippen LogP contribution in [0.25, 0.3) is 0 Å². The van der Waals surface area contributed by atoms with E-state index >= 15 is 0 Å². The van der Waals surface area contributed by atoms with Crippen LogP contribution >= 0.6 is 27.5 Å². The fraction of sp³-hybridized carbons (Fsp3) is 0.263. The van der Waals surface area contributed by atoms with Crippen molar-refractivity contribution >= 4 is 49.1 Å². The molecular formula is C19H17BrClN3O4S. The van der Waals surface area contributed by atoms with Crippen LogP contribution in [-0.2, 0) is 15.4 Å². The van der Waals surface area contributed by atoms with Crippen LogP contribution < -0.4 is 10.0 Å². The first kappa shape index (κ1) is 21.4. The SMILES string of the molecule is CNC(=O)c1cc(NS(=O)(=O)c2cc(Br)cc(Cl)c2O)cc(C2(C#N)CCC2)c1. The van der Waals surface area contributed by atoms with E-state index in [0.29, 0.717) is 22.9 Å². The minimum Gasteiger partial charge on any atom is -0.505 e. The summed E-state index contributed by atoms with van der Waals surface area (Å²) in [5.41, 5.74) is 0.159. The molecule has 0 saturated heterocycles. The van der Waals surface area contributed by atoms with Gasteiger partial charge in [0.2, 0.25) is 0 Å². The molecule has 0 atom stereocenters. The van der Waals surface area contributed by atoms with E-state index in [4.69, 9.17) is 11.6 Å². The quantitative estimate of drug-likeness (QED) is 0.577. The fourth-order valence-corrected chi connectivity index (χ4v) is 5.39. The number of rotatable bonds is 5. The lowest BCUT2D eigenvalue weighted by molar-refractivity contribution is 0.0963. The van der Waals surface area contributed by atoms with Gasteiger partial charge in [0.1, 0.15) is 4.90 Å². The van der Waals surface area contributed by atoms with Crippen molar-refractivity contribution in [2.45, 2.75) is 29.6 Å². The predicted molar refractivity (Wildman–Crippen MR) is 113 cm³/mol. The predicted octanol–water partition coefficient (Wildman–Crippen LogP) is 3.91. The van der Waals surface area contributed by atoms with Crippen LogP contribution in [0.15, 0.2) is 39.7 Å². The van der Waals surface area contributed by atoms with Gasteiger partial charge >= 0.3 is 0 Å². The second kappa shape index (κ2) is 7.86. The number of nitrogens with zero attached hydrogens (tertiary/aromatic N) is 1. The van der Waals surface area contributed by atoms with E-state index in [1.54, 1.807) is 12.1 Å². The summed E-state index contributed by atoms with van der Waals surface area (Å²) in [7, 11) is -2.76. The molecule has 1 amide bonds. The number of sulfonamides is 1. The van der Waals surface area contributed by atoms with E-state index in [-0.39, 0.29) is 16.3 Å². The average molecular weight is 499 g/mol. The number of aromatic hydroxyl groups is 1. The van der Waals surface area contributed by atoms with Crippen molar-refractivity contribution in [2.75, 3.05) is 11.8 Å². The van der Waals surface area contributed by atoms with Gasteiger partial charge in [-0.1, -0.05) is 27.5 Å².